The standard InChI is InChI=1S/C13H17NOS/c1-10-7-12(8-15-10)13(14-2)4-3-11-5-6-16-9-11/h5-9,13-14H,3-4H2,1-2H3. The molecule has 0 amide bonds. The Morgan fingerprint density at radius 3 is 2.94 bits per heavy atom. The van der Waals surface area contributed by atoms with Gasteiger partial charge in [-0.15, -0.1) is 0 Å². The van der Waals surface area contributed by atoms with Crippen LogP contribution in [0.15, 0.2) is 33.6 Å². The minimum Gasteiger partial charge on any atom is -0.469 e. The van der Waals surface area contributed by atoms with Gasteiger partial charge in [-0.05, 0) is 55.3 Å². The average Bonchev–Trinajstić information content (AvgIpc) is 2.91. The molecular weight excluding hydrogens is 218 g/mol. The first-order chi connectivity index (χ1) is 7.79. The van der Waals surface area contributed by atoms with E-state index in [1.165, 1.54) is 11.1 Å². The second kappa shape index (κ2) is 5.32. The van der Waals surface area contributed by atoms with E-state index in [0.717, 1.165) is 18.6 Å². The molecule has 2 aromatic heterocycles. The number of aryl methyl sites for hydroxylation is 2. The molecule has 0 aliphatic heterocycles. The summed E-state index contributed by atoms with van der Waals surface area (Å²) in [4.78, 5) is 0. The lowest BCUT2D eigenvalue weighted by molar-refractivity contribution is 0.511. The highest BCUT2D eigenvalue weighted by Gasteiger charge is 2.11. The Morgan fingerprint density at radius 1 is 1.50 bits per heavy atom. The molecule has 2 rings (SSSR count). The Balaban J connectivity index is 1.96. The summed E-state index contributed by atoms with van der Waals surface area (Å²) in [5, 5.41) is 7.68. The van der Waals surface area contributed by atoms with Crippen molar-refractivity contribution in [2.45, 2.75) is 25.8 Å². The van der Waals surface area contributed by atoms with E-state index in [2.05, 4.69) is 28.2 Å². The van der Waals surface area contributed by atoms with Gasteiger partial charge in [0.25, 0.3) is 0 Å². The highest BCUT2D eigenvalue weighted by atomic mass is 32.1. The third-order valence-electron chi connectivity index (χ3n) is 2.80. The Hall–Kier alpha value is -1.06. The van der Waals surface area contributed by atoms with Gasteiger partial charge < -0.3 is 9.73 Å². The van der Waals surface area contributed by atoms with Gasteiger partial charge in [0.05, 0.1) is 6.26 Å². The van der Waals surface area contributed by atoms with E-state index in [9.17, 15) is 0 Å². The summed E-state index contributed by atoms with van der Waals surface area (Å²) in [7, 11) is 2.00. The Kier molecular flexibility index (Phi) is 3.80. The summed E-state index contributed by atoms with van der Waals surface area (Å²) in [6.07, 6.45) is 4.07. The summed E-state index contributed by atoms with van der Waals surface area (Å²) in [6.45, 7) is 1.98. The van der Waals surface area contributed by atoms with Crippen LogP contribution < -0.4 is 5.32 Å². The van der Waals surface area contributed by atoms with Gasteiger partial charge in [0.15, 0.2) is 0 Å². The number of hydrogen-bond acceptors (Lipinski definition) is 3. The topological polar surface area (TPSA) is 25.2 Å². The first kappa shape index (κ1) is 11.4. The zero-order valence-corrected chi connectivity index (χ0v) is 10.5. The van der Waals surface area contributed by atoms with Crippen LogP contribution in [-0.4, -0.2) is 7.05 Å². The van der Waals surface area contributed by atoms with Crippen LogP contribution in [0.5, 0.6) is 0 Å². The molecular formula is C13H17NOS. The molecule has 1 unspecified atom stereocenters. The van der Waals surface area contributed by atoms with E-state index in [0.29, 0.717) is 6.04 Å². The van der Waals surface area contributed by atoms with Gasteiger partial charge in [-0.2, -0.15) is 11.3 Å². The molecule has 2 aromatic rings. The predicted molar refractivity (Wildman–Crippen MR) is 67.9 cm³/mol. The van der Waals surface area contributed by atoms with Gasteiger partial charge in [0.1, 0.15) is 5.76 Å². The molecule has 3 heteroatoms. The number of thiophene rings is 1. The van der Waals surface area contributed by atoms with Crippen molar-refractivity contribution in [3.05, 3.63) is 46.0 Å². The minimum atomic E-state index is 0.386. The summed E-state index contributed by atoms with van der Waals surface area (Å²) in [6, 6.07) is 4.68. The van der Waals surface area contributed by atoms with E-state index >= 15 is 0 Å². The quantitative estimate of drug-likeness (QED) is 0.857. The molecule has 0 aliphatic carbocycles. The van der Waals surface area contributed by atoms with E-state index in [-0.39, 0.29) is 0 Å². The van der Waals surface area contributed by atoms with E-state index < -0.39 is 0 Å². The summed E-state index contributed by atoms with van der Waals surface area (Å²) in [5.41, 5.74) is 2.67. The van der Waals surface area contributed by atoms with Crippen molar-refractivity contribution in [1.29, 1.82) is 0 Å². The van der Waals surface area contributed by atoms with Crippen molar-refractivity contribution < 1.29 is 4.42 Å². The van der Waals surface area contributed by atoms with Crippen molar-refractivity contribution in [2.75, 3.05) is 7.05 Å². The van der Waals surface area contributed by atoms with Gasteiger partial charge >= 0.3 is 0 Å². The molecule has 2 nitrogen and oxygen atoms in total. The van der Waals surface area contributed by atoms with Crippen LogP contribution >= 0.6 is 11.3 Å². The summed E-state index contributed by atoms with van der Waals surface area (Å²) >= 11 is 1.76. The van der Waals surface area contributed by atoms with Gasteiger partial charge in [-0.25, -0.2) is 0 Å². The SMILES string of the molecule is CNC(CCc1ccsc1)c1coc(C)c1. The molecule has 0 bridgehead atoms. The average molecular weight is 235 g/mol. The lowest BCUT2D eigenvalue weighted by Crippen LogP contribution is -2.16. The molecule has 0 spiro atoms. The van der Waals surface area contributed by atoms with Crippen LogP contribution in [0, 0.1) is 6.92 Å². The van der Waals surface area contributed by atoms with Crippen molar-refractivity contribution in [2.24, 2.45) is 0 Å². The number of hydrogen-bond donors (Lipinski definition) is 1. The van der Waals surface area contributed by atoms with Crippen LogP contribution in [-0.2, 0) is 6.42 Å². The van der Waals surface area contributed by atoms with Crippen LogP contribution in [0.2, 0.25) is 0 Å². The maximum atomic E-state index is 5.35. The fourth-order valence-corrected chi connectivity index (χ4v) is 2.57. The van der Waals surface area contributed by atoms with Crippen LogP contribution in [0.4, 0.5) is 0 Å². The molecule has 0 radical (unpaired) electrons. The second-order valence-corrected chi connectivity index (χ2v) is 4.78. The first-order valence-electron chi connectivity index (χ1n) is 5.53. The molecule has 86 valence electrons. The third kappa shape index (κ3) is 2.74. The van der Waals surface area contributed by atoms with Crippen molar-refractivity contribution in [3.8, 4) is 0 Å². The van der Waals surface area contributed by atoms with Crippen molar-refractivity contribution >= 4 is 11.3 Å². The number of rotatable bonds is 5. The van der Waals surface area contributed by atoms with Crippen LogP contribution in [0.3, 0.4) is 0 Å². The highest BCUT2D eigenvalue weighted by molar-refractivity contribution is 7.07. The lowest BCUT2D eigenvalue weighted by Gasteiger charge is -2.13. The zero-order chi connectivity index (χ0) is 11.4. The maximum absolute atomic E-state index is 5.35. The fourth-order valence-electron chi connectivity index (χ4n) is 1.87. The molecule has 0 aromatic carbocycles. The molecule has 0 saturated carbocycles. The molecule has 16 heavy (non-hydrogen) atoms. The third-order valence-corrected chi connectivity index (χ3v) is 3.54. The number of nitrogens with one attached hydrogen (secondary N) is 1. The monoisotopic (exact) mass is 235 g/mol. The van der Waals surface area contributed by atoms with Crippen molar-refractivity contribution in [1.82, 2.24) is 5.32 Å². The van der Waals surface area contributed by atoms with Gasteiger partial charge in [-0.3, -0.25) is 0 Å². The molecule has 1 atom stereocenters. The molecule has 0 saturated heterocycles. The summed E-state index contributed by atoms with van der Waals surface area (Å²) < 4.78 is 5.35. The van der Waals surface area contributed by atoms with Gasteiger partial charge in [0, 0.05) is 11.6 Å². The predicted octanol–water partition coefficient (Wildman–Crippen LogP) is 3.54. The normalized spacial score (nSPS) is 12.9. The maximum Gasteiger partial charge on any atom is 0.101 e. The largest absolute Gasteiger partial charge is 0.469 e. The first-order valence-corrected chi connectivity index (χ1v) is 6.47. The second-order valence-electron chi connectivity index (χ2n) is 4.00. The van der Waals surface area contributed by atoms with E-state index in [1.54, 1.807) is 11.3 Å². The Bertz CT molecular complexity index is 419. The fraction of sp³-hybridized carbons (Fsp3) is 0.385. The highest BCUT2D eigenvalue weighted by Crippen LogP contribution is 2.21. The van der Waals surface area contributed by atoms with Gasteiger partial charge in [-0.1, -0.05) is 0 Å². The summed E-state index contributed by atoms with van der Waals surface area (Å²) in [5.74, 6) is 0.978. The van der Waals surface area contributed by atoms with Gasteiger partial charge in [0.2, 0.25) is 0 Å². The lowest BCUT2D eigenvalue weighted by atomic mass is 10.0. The van der Waals surface area contributed by atoms with E-state index in [1.807, 2.05) is 20.2 Å². The molecule has 1 N–H and O–H groups in total. The smallest absolute Gasteiger partial charge is 0.101 e. The van der Waals surface area contributed by atoms with Crippen molar-refractivity contribution in [3.63, 3.8) is 0 Å². The minimum absolute atomic E-state index is 0.386. The molecule has 0 aliphatic rings. The zero-order valence-electron chi connectivity index (χ0n) is 9.69. The Labute approximate surface area is 100 Å². The van der Waals surface area contributed by atoms with Crippen LogP contribution in [0.1, 0.15) is 29.3 Å². The molecule has 0 fully saturated rings. The molecule has 2 heterocycles. The Morgan fingerprint density at radius 2 is 2.38 bits per heavy atom. The van der Waals surface area contributed by atoms with E-state index in [4.69, 9.17) is 4.42 Å². The van der Waals surface area contributed by atoms with Crippen LogP contribution in [0.25, 0.3) is 0 Å². The number of furan rings is 1.